The molecule has 0 bridgehead atoms. The third-order valence-electron chi connectivity index (χ3n) is 4.85. The number of piperidine rings is 1. The number of likely N-dealkylation sites (tertiary alicyclic amines) is 1. The highest BCUT2D eigenvalue weighted by molar-refractivity contribution is 7.92. The highest BCUT2D eigenvalue weighted by Gasteiger charge is 2.27. The molecular formula is C20H21N3O4S. The predicted octanol–water partition coefficient (Wildman–Crippen LogP) is 3.22. The summed E-state index contributed by atoms with van der Waals surface area (Å²) in [5.74, 6) is 0.815. The van der Waals surface area contributed by atoms with Gasteiger partial charge in [-0.15, -0.1) is 0 Å². The normalized spacial score (nSPS) is 15.7. The molecule has 1 aromatic heterocycles. The second-order valence-electron chi connectivity index (χ2n) is 7.04. The van der Waals surface area contributed by atoms with Gasteiger partial charge in [-0.1, -0.05) is 18.2 Å². The molecule has 1 N–H and O–H groups in total. The number of rotatable bonds is 4. The minimum absolute atomic E-state index is 0.104. The summed E-state index contributed by atoms with van der Waals surface area (Å²) in [5, 5.41) is 0. The number of aromatic nitrogens is 1. The van der Waals surface area contributed by atoms with E-state index in [1.807, 2.05) is 24.3 Å². The van der Waals surface area contributed by atoms with E-state index in [2.05, 4.69) is 9.71 Å². The Balaban J connectivity index is 1.43. The Bertz CT molecular complexity index is 1080. The molecule has 1 fully saturated rings. The van der Waals surface area contributed by atoms with Crippen LogP contribution in [0.3, 0.4) is 0 Å². The first-order valence-electron chi connectivity index (χ1n) is 9.12. The molecule has 28 heavy (non-hydrogen) atoms. The molecule has 1 amide bonds. The summed E-state index contributed by atoms with van der Waals surface area (Å²) in [4.78, 5) is 19.2. The van der Waals surface area contributed by atoms with Crippen LogP contribution in [0.15, 0.2) is 52.9 Å². The van der Waals surface area contributed by atoms with Gasteiger partial charge in [0.1, 0.15) is 5.52 Å². The molecule has 0 radical (unpaired) electrons. The minimum atomic E-state index is -3.39. The van der Waals surface area contributed by atoms with Crippen LogP contribution in [-0.2, 0) is 10.0 Å². The largest absolute Gasteiger partial charge is 0.440 e. The van der Waals surface area contributed by atoms with Gasteiger partial charge in [0.2, 0.25) is 10.0 Å². The van der Waals surface area contributed by atoms with Gasteiger partial charge in [0.15, 0.2) is 11.5 Å². The lowest BCUT2D eigenvalue weighted by Gasteiger charge is -2.30. The maximum Gasteiger partial charge on any atom is 0.253 e. The van der Waals surface area contributed by atoms with Gasteiger partial charge in [0.25, 0.3) is 5.91 Å². The first kappa shape index (κ1) is 18.5. The molecule has 1 aliphatic heterocycles. The molecule has 2 aromatic carbocycles. The van der Waals surface area contributed by atoms with Crippen molar-refractivity contribution in [2.75, 3.05) is 24.1 Å². The van der Waals surface area contributed by atoms with Crippen LogP contribution in [0.5, 0.6) is 0 Å². The first-order valence-corrected chi connectivity index (χ1v) is 11.0. The van der Waals surface area contributed by atoms with Crippen LogP contribution >= 0.6 is 0 Å². The maximum atomic E-state index is 12.8. The summed E-state index contributed by atoms with van der Waals surface area (Å²) < 4.78 is 31.1. The third kappa shape index (κ3) is 4.01. The number of nitrogens with one attached hydrogen (secondary N) is 1. The van der Waals surface area contributed by atoms with Crippen LogP contribution in [0.25, 0.3) is 11.1 Å². The number of hydrogen-bond acceptors (Lipinski definition) is 5. The molecule has 3 aromatic rings. The van der Waals surface area contributed by atoms with E-state index in [0.717, 1.165) is 36.1 Å². The van der Waals surface area contributed by atoms with Crippen molar-refractivity contribution in [3.05, 3.63) is 60.0 Å². The molecule has 0 spiro atoms. The van der Waals surface area contributed by atoms with Gasteiger partial charge < -0.3 is 9.32 Å². The molecule has 1 saturated heterocycles. The summed E-state index contributed by atoms with van der Waals surface area (Å²) in [6.07, 6.45) is 2.64. The van der Waals surface area contributed by atoms with E-state index in [-0.39, 0.29) is 11.8 Å². The number of para-hydroxylation sites is 2. The van der Waals surface area contributed by atoms with Crippen LogP contribution < -0.4 is 4.72 Å². The van der Waals surface area contributed by atoms with Gasteiger partial charge in [-0.2, -0.15) is 0 Å². The van der Waals surface area contributed by atoms with E-state index < -0.39 is 10.0 Å². The van der Waals surface area contributed by atoms with Crippen molar-refractivity contribution in [1.29, 1.82) is 0 Å². The number of carbonyl (C=O) groups is 1. The first-order chi connectivity index (χ1) is 13.4. The number of sulfonamides is 1. The van der Waals surface area contributed by atoms with E-state index in [0.29, 0.717) is 24.3 Å². The molecule has 0 saturated carbocycles. The van der Waals surface area contributed by atoms with E-state index in [4.69, 9.17) is 4.42 Å². The average molecular weight is 399 g/mol. The van der Waals surface area contributed by atoms with Crippen LogP contribution in [0.1, 0.15) is 35.0 Å². The van der Waals surface area contributed by atoms with Gasteiger partial charge in [-0.3, -0.25) is 9.52 Å². The lowest BCUT2D eigenvalue weighted by Crippen LogP contribution is -2.38. The Kier molecular flexibility index (Phi) is 4.80. The summed E-state index contributed by atoms with van der Waals surface area (Å²) in [6, 6.07) is 14.2. The zero-order valence-corrected chi connectivity index (χ0v) is 16.3. The predicted molar refractivity (Wildman–Crippen MR) is 107 cm³/mol. The van der Waals surface area contributed by atoms with E-state index >= 15 is 0 Å². The van der Waals surface area contributed by atoms with Crippen LogP contribution in [0, 0.1) is 0 Å². The lowest BCUT2D eigenvalue weighted by molar-refractivity contribution is 0.0707. The van der Waals surface area contributed by atoms with Crippen LogP contribution in [0.2, 0.25) is 0 Å². The summed E-state index contributed by atoms with van der Waals surface area (Å²) >= 11 is 0. The number of carbonyl (C=O) groups excluding carboxylic acids is 1. The SMILES string of the molecule is CS(=O)(=O)Nc1cccc(C(=O)N2CCC(c3nc4ccccc4o3)CC2)c1. The lowest BCUT2D eigenvalue weighted by atomic mass is 9.96. The fourth-order valence-electron chi connectivity index (χ4n) is 3.51. The smallest absolute Gasteiger partial charge is 0.253 e. The summed E-state index contributed by atoms with van der Waals surface area (Å²) in [5.41, 5.74) is 2.49. The second kappa shape index (κ2) is 7.27. The van der Waals surface area contributed by atoms with Gasteiger partial charge in [-0.05, 0) is 43.2 Å². The molecule has 0 unspecified atom stereocenters. The van der Waals surface area contributed by atoms with E-state index in [1.165, 1.54) is 0 Å². The molecule has 1 aliphatic rings. The Morgan fingerprint density at radius 3 is 2.61 bits per heavy atom. The molecule has 8 heteroatoms. The number of fused-ring (bicyclic) bond motifs is 1. The monoisotopic (exact) mass is 399 g/mol. The van der Waals surface area contributed by atoms with E-state index in [1.54, 1.807) is 29.2 Å². The van der Waals surface area contributed by atoms with Crippen molar-refractivity contribution in [2.45, 2.75) is 18.8 Å². The zero-order valence-electron chi connectivity index (χ0n) is 15.5. The highest BCUT2D eigenvalue weighted by atomic mass is 32.2. The van der Waals surface area contributed by atoms with Crippen molar-refractivity contribution < 1.29 is 17.6 Å². The van der Waals surface area contributed by atoms with Crippen LogP contribution in [-0.4, -0.2) is 43.6 Å². The van der Waals surface area contributed by atoms with E-state index in [9.17, 15) is 13.2 Å². The Labute approximate surface area is 163 Å². The standard InChI is InChI=1S/C20H21N3O4S/c1-28(25,26)22-16-6-4-5-15(13-16)20(24)23-11-9-14(10-12-23)19-21-17-7-2-3-8-18(17)27-19/h2-8,13-14,22H,9-12H2,1H3. The van der Waals surface area contributed by atoms with Crippen molar-refractivity contribution in [3.63, 3.8) is 0 Å². The topological polar surface area (TPSA) is 92.5 Å². The average Bonchev–Trinajstić information content (AvgIpc) is 3.11. The Morgan fingerprint density at radius 1 is 1.14 bits per heavy atom. The molecule has 2 heterocycles. The number of oxazole rings is 1. The maximum absolute atomic E-state index is 12.8. The molecule has 4 rings (SSSR count). The van der Waals surface area contributed by atoms with Crippen molar-refractivity contribution in [1.82, 2.24) is 9.88 Å². The van der Waals surface area contributed by atoms with Crippen molar-refractivity contribution in [3.8, 4) is 0 Å². The molecule has 0 atom stereocenters. The number of nitrogens with zero attached hydrogens (tertiary/aromatic N) is 2. The van der Waals surface area contributed by atoms with Gasteiger partial charge in [0.05, 0.1) is 6.26 Å². The van der Waals surface area contributed by atoms with Gasteiger partial charge in [0, 0.05) is 30.3 Å². The van der Waals surface area contributed by atoms with Crippen molar-refractivity contribution >= 4 is 32.7 Å². The minimum Gasteiger partial charge on any atom is -0.440 e. The zero-order chi connectivity index (χ0) is 19.7. The second-order valence-corrected chi connectivity index (χ2v) is 8.79. The number of amides is 1. The molecule has 7 nitrogen and oxygen atoms in total. The number of anilines is 1. The quantitative estimate of drug-likeness (QED) is 0.727. The highest BCUT2D eigenvalue weighted by Crippen LogP contribution is 2.30. The van der Waals surface area contributed by atoms with Gasteiger partial charge in [-0.25, -0.2) is 13.4 Å². The fourth-order valence-corrected chi connectivity index (χ4v) is 4.06. The molecular weight excluding hydrogens is 378 g/mol. The number of benzene rings is 2. The third-order valence-corrected chi connectivity index (χ3v) is 5.46. The van der Waals surface area contributed by atoms with Gasteiger partial charge >= 0.3 is 0 Å². The van der Waals surface area contributed by atoms with Crippen molar-refractivity contribution in [2.24, 2.45) is 0 Å². The summed E-state index contributed by atoms with van der Waals surface area (Å²) in [7, 11) is -3.39. The fraction of sp³-hybridized carbons (Fsp3) is 0.300. The molecule has 146 valence electrons. The summed E-state index contributed by atoms with van der Waals surface area (Å²) in [6.45, 7) is 1.21. The van der Waals surface area contributed by atoms with Crippen LogP contribution in [0.4, 0.5) is 5.69 Å². The molecule has 0 aliphatic carbocycles. The Hall–Kier alpha value is -2.87. The Morgan fingerprint density at radius 2 is 1.89 bits per heavy atom. The number of hydrogen-bond donors (Lipinski definition) is 1.